The van der Waals surface area contributed by atoms with Crippen molar-refractivity contribution in [3.63, 3.8) is 0 Å². The Labute approximate surface area is 247 Å². The lowest BCUT2D eigenvalue weighted by Crippen LogP contribution is -2.79. The van der Waals surface area contributed by atoms with E-state index in [-0.39, 0.29) is 18.4 Å². The normalized spacial score (nSPS) is 61.5. The van der Waals surface area contributed by atoms with Crippen molar-refractivity contribution in [1.29, 1.82) is 0 Å². The highest BCUT2D eigenvalue weighted by molar-refractivity contribution is 5.87. The maximum absolute atomic E-state index is 14.5. The summed E-state index contributed by atoms with van der Waals surface area (Å²) in [6.07, 6.45) is 1.45. The summed E-state index contributed by atoms with van der Waals surface area (Å²) in [5.74, 6) is -4.96. The number of allylic oxidation sites excluding steroid dienone is 1. The average Bonchev–Trinajstić information content (AvgIpc) is 3.16. The molecule has 16 atom stereocenters. The van der Waals surface area contributed by atoms with Gasteiger partial charge in [0, 0.05) is 52.9 Å². The molecule has 0 aromatic heterocycles. The van der Waals surface area contributed by atoms with Gasteiger partial charge in [0.05, 0.1) is 24.8 Å². The first-order chi connectivity index (χ1) is 19.5. The fraction of sp³-hybridized carbons (Fsp3) is 0.906. The molecule has 3 aliphatic heterocycles. The van der Waals surface area contributed by atoms with E-state index in [1.54, 1.807) is 26.8 Å². The van der Waals surface area contributed by atoms with Crippen LogP contribution >= 0.6 is 0 Å². The van der Waals surface area contributed by atoms with Crippen molar-refractivity contribution in [2.45, 2.75) is 127 Å². The maximum Gasteiger partial charge on any atom is 0.333 e. The number of quaternary nitrogens is 1. The minimum atomic E-state index is -1.76. The van der Waals surface area contributed by atoms with Gasteiger partial charge in [0.2, 0.25) is 5.79 Å². The number of aliphatic hydroxyl groups excluding tert-OH is 2. The largest absolute Gasteiger partial charge is 0.633 e. The number of aliphatic hydroxyl groups is 5. The van der Waals surface area contributed by atoms with E-state index >= 15 is 0 Å². The Kier molecular flexibility index (Phi) is 6.19. The van der Waals surface area contributed by atoms with Crippen LogP contribution in [0, 0.1) is 46.1 Å². The zero-order valence-corrected chi connectivity index (χ0v) is 25.5. The molecular formula is C32H49NO9. The van der Waals surface area contributed by atoms with Crippen LogP contribution in [0.1, 0.15) is 79.6 Å². The molecule has 0 unspecified atom stereocenters. The van der Waals surface area contributed by atoms with E-state index in [0.717, 1.165) is 6.42 Å². The number of fused-ring (bicyclic) bond motifs is 5. The van der Waals surface area contributed by atoms with E-state index in [4.69, 9.17) is 9.47 Å². The number of rotatable bonds is 2. The summed E-state index contributed by atoms with van der Waals surface area (Å²) in [6, 6.07) is -0.606. The first-order valence-corrected chi connectivity index (χ1v) is 16.2. The van der Waals surface area contributed by atoms with Gasteiger partial charge < -0.3 is 44.9 Å². The Morgan fingerprint density at radius 3 is 2.43 bits per heavy atom. The minimum absolute atomic E-state index is 0.155. The third-order valence-corrected chi connectivity index (χ3v) is 14.1. The van der Waals surface area contributed by atoms with Gasteiger partial charge in [-0.05, 0) is 59.3 Å². The fourth-order valence-corrected chi connectivity index (χ4v) is 12.2. The molecule has 4 bridgehead atoms. The number of hydrogen-bond donors (Lipinski definition) is 5. The second-order valence-electron chi connectivity index (χ2n) is 15.8. The standard InChI is InChI=1S/C32H49NO9/c1-6-17(3)27(36)41-23-11-12-28(4)20-8-9-21-30(28,42-32(20,23)39)13-19-18-15-33(40)14-16(2)7-10-22(33)29(5,37)24(18)25(34)26(35)31(19,21)38/h6,16,18-26,34-35,37-39H,7-15H2,1-5H3/b17-6-/t16-,18-,19-,20-,21+,22-,23-,24+,25+,26-,28-,29+,30+,31-,32-,33+/m0/s1. The van der Waals surface area contributed by atoms with Crippen molar-refractivity contribution in [1.82, 2.24) is 0 Å². The zero-order valence-electron chi connectivity index (χ0n) is 25.5. The second kappa shape index (κ2) is 8.78. The highest BCUT2D eigenvalue weighted by atomic mass is 16.7. The highest BCUT2D eigenvalue weighted by Gasteiger charge is 2.85. The summed E-state index contributed by atoms with van der Waals surface area (Å²) >= 11 is 0. The van der Waals surface area contributed by atoms with E-state index in [0.29, 0.717) is 50.6 Å². The number of ether oxygens (including phenoxy) is 2. The van der Waals surface area contributed by atoms with Crippen LogP contribution in [-0.2, 0) is 14.3 Å². The molecular weight excluding hydrogens is 542 g/mol. The molecule has 42 heavy (non-hydrogen) atoms. The van der Waals surface area contributed by atoms with Gasteiger partial charge in [-0.25, -0.2) is 4.79 Å². The summed E-state index contributed by atoms with van der Waals surface area (Å²) in [5.41, 5.74) is -4.49. The van der Waals surface area contributed by atoms with Crippen LogP contribution in [0.2, 0.25) is 0 Å². The molecule has 7 fully saturated rings. The Morgan fingerprint density at radius 2 is 1.74 bits per heavy atom. The van der Waals surface area contributed by atoms with Crippen LogP contribution in [0.4, 0.5) is 0 Å². The molecule has 3 saturated heterocycles. The molecule has 3 heterocycles. The average molecular weight is 592 g/mol. The van der Waals surface area contributed by atoms with Gasteiger partial charge in [0.15, 0.2) is 6.10 Å². The van der Waals surface area contributed by atoms with E-state index < -0.39 is 86.6 Å². The van der Waals surface area contributed by atoms with E-state index in [9.17, 15) is 35.5 Å². The second-order valence-corrected chi connectivity index (χ2v) is 15.8. The third kappa shape index (κ3) is 3.26. The lowest BCUT2D eigenvalue weighted by atomic mass is 9.49. The van der Waals surface area contributed by atoms with E-state index in [2.05, 4.69) is 13.8 Å². The molecule has 0 amide bonds. The van der Waals surface area contributed by atoms with Crippen LogP contribution in [0.5, 0.6) is 0 Å². The van der Waals surface area contributed by atoms with Crippen molar-refractivity contribution in [2.75, 3.05) is 13.1 Å². The van der Waals surface area contributed by atoms with E-state index in [1.807, 2.05) is 0 Å². The molecule has 0 radical (unpaired) electrons. The van der Waals surface area contributed by atoms with Crippen molar-refractivity contribution < 1.29 is 44.4 Å². The number of carbonyl (C=O) groups excluding carboxylic acids is 1. The van der Waals surface area contributed by atoms with Crippen molar-refractivity contribution in [2.24, 2.45) is 40.9 Å². The number of hydrogen-bond acceptors (Lipinski definition) is 9. The summed E-state index contributed by atoms with van der Waals surface area (Å²) < 4.78 is 12.1. The Bertz CT molecular complexity index is 1210. The lowest BCUT2D eigenvalue weighted by molar-refractivity contribution is -0.934. The number of piperidine rings is 2. The van der Waals surface area contributed by atoms with Gasteiger partial charge in [0.1, 0.15) is 23.3 Å². The molecule has 4 saturated carbocycles. The molecule has 7 aliphatic rings. The van der Waals surface area contributed by atoms with Crippen LogP contribution < -0.4 is 0 Å². The summed E-state index contributed by atoms with van der Waals surface area (Å²) in [6.45, 7) is 9.73. The van der Waals surface area contributed by atoms with E-state index in [1.165, 1.54) is 0 Å². The highest BCUT2D eigenvalue weighted by Crippen LogP contribution is 2.77. The lowest BCUT2D eigenvalue weighted by Gasteiger charge is -2.68. The summed E-state index contributed by atoms with van der Waals surface area (Å²) in [4.78, 5) is 12.8. The van der Waals surface area contributed by atoms with Gasteiger partial charge in [-0.15, -0.1) is 0 Å². The van der Waals surface area contributed by atoms with Crippen LogP contribution in [0.25, 0.3) is 0 Å². The predicted molar refractivity (Wildman–Crippen MR) is 150 cm³/mol. The Balaban J connectivity index is 1.30. The molecule has 10 nitrogen and oxygen atoms in total. The van der Waals surface area contributed by atoms with Crippen molar-refractivity contribution >= 4 is 5.97 Å². The van der Waals surface area contributed by atoms with Crippen molar-refractivity contribution in [3.05, 3.63) is 16.9 Å². The van der Waals surface area contributed by atoms with Gasteiger partial charge >= 0.3 is 5.97 Å². The fourth-order valence-electron chi connectivity index (χ4n) is 12.2. The quantitative estimate of drug-likeness (QED) is 0.140. The monoisotopic (exact) mass is 591 g/mol. The van der Waals surface area contributed by atoms with Crippen molar-refractivity contribution in [3.8, 4) is 0 Å². The molecule has 236 valence electrons. The topological polar surface area (TPSA) is 160 Å². The number of esters is 1. The Hall–Kier alpha value is -1.11. The smallest absolute Gasteiger partial charge is 0.333 e. The third-order valence-electron chi connectivity index (χ3n) is 14.1. The number of hydroxylamine groups is 3. The molecule has 7 rings (SSSR count). The molecule has 1 spiro atoms. The first-order valence-electron chi connectivity index (χ1n) is 16.2. The van der Waals surface area contributed by atoms with Crippen LogP contribution in [-0.4, -0.2) is 96.2 Å². The van der Waals surface area contributed by atoms with Gasteiger partial charge in [-0.3, -0.25) is 0 Å². The number of nitrogens with zero attached hydrogens (tertiary/aromatic N) is 1. The SMILES string of the molecule is C/C=C(/C)C(=O)O[C@H]1CC[C@@]2(C)[C@@H]3CC[C@H]4[C@]5(O)[C@@H](O)[C@H](O)[C@H]6[C@@H](C[N@+]7([O-])C[C@@H](C)CC[C@H]7[C@@]6(C)O)[C@@H]5C[C@@]42O[C@]13O. The molecule has 4 aliphatic carbocycles. The number of carbonyl (C=O) groups is 1. The van der Waals surface area contributed by atoms with Gasteiger partial charge in [-0.1, -0.05) is 19.9 Å². The van der Waals surface area contributed by atoms with Crippen LogP contribution in [0.3, 0.4) is 0 Å². The molecule has 0 aromatic rings. The van der Waals surface area contributed by atoms with Gasteiger partial charge in [0.25, 0.3) is 0 Å². The molecule has 0 aromatic carbocycles. The summed E-state index contributed by atoms with van der Waals surface area (Å²) in [5, 5.41) is 74.9. The zero-order chi connectivity index (χ0) is 30.4. The summed E-state index contributed by atoms with van der Waals surface area (Å²) in [7, 11) is 0. The van der Waals surface area contributed by atoms with Gasteiger partial charge in [-0.2, -0.15) is 0 Å². The molecule has 5 N–H and O–H groups in total. The minimum Gasteiger partial charge on any atom is -0.633 e. The first kappa shape index (κ1) is 29.6. The predicted octanol–water partition coefficient (Wildman–Crippen LogP) is 1.74. The molecule has 10 heteroatoms. The maximum atomic E-state index is 14.5. The van der Waals surface area contributed by atoms with Crippen LogP contribution in [0.15, 0.2) is 11.6 Å². The Morgan fingerprint density at radius 1 is 1.05 bits per heavy atom.